The van der Waals surface area contributed by atoms with Crippen molar-refractivity contribution in [2.45, 2.75) is 25.7 Å². The van der Waals surface area contributed by atoms with Crippen LogP contribution in [0.4, 0.5) is 5.69 Å². The Morgan fingerprint density at radius 3 is 2.71 bits per heavy atom. The summed E-state index contributed by atoms with van der Waals surface area (Å²) in [5, 5.41) is 10.9. The zero-order valence-electron chi connectivity index (χ0n) is 11.9. The molecular formula is C16H17N3O2. The maximum atomic E-state index is 12.4. The number of nitrogens with one attached hydrogen (secondary N) is 1. The molecule has 0 saturated heterocycles. The van der Waals surface area contributed by atoms with Gasteiger partial charge in [-0.3, -0.25) is 4.79 Å². The summed E-state index contributed by atoms with van der Waals surface area (Å²) >= 11 is 0. The Bertz CT molecular complexity index is 653. The highest BCUT2D eigenvalue weighted by Crippen LogP contribution is 2.23. The van der Waals surface area contributed by atoms with Crippen LogP contribution in [-0.2, 0) is 12.8 Å². The van der Waals surface area contributed by atoms with Gasteiger partial charge in [0.15, 0.2) is 5.69 Å². The molecule has 1 amide bonds. The van der Waals surface area contributed by atoms with E-state index >= 15 is 0 Å². The number of amides is 1. The molecule has 1 N–H and O–H groups in total. The van der Waals surface area contributed by atoms with Gasteiger partial charge in [-0.15, -0.1) is 5.10 Å². The number of ether oxygens (including phenoxy) is 1. The number of nitrogens with zero attached hydrogens (tertiary/aromatic N) is 2. The lowest BCUT2D eigenvalue weighted by molar-refractivity contribution is 0.102. The van der Waals surface area contributed by atoms with Crippen molar-refractivity contribution in [3.05, 3.63) is 47.3 Å². The zero-order valence-corrected chi connectivity index (χ0v) is 11.9. The van der Waals surface area contributed by atoms with Crippen LogP contribution in [0.5, 0.6) is 5.75 Å². The number of hydrogen-bond acceptors (Lipinski definition) is 4. The molecule has 108 valence electrons. The molecule has 0 spiro atoms. The van der Waals surface area contributed by atoms with Crippen LogP contribution < -0.4 is 10.1 Å². The molecule has 0 atom stereocenters. The highest BCUT2D eigenvalue weighted by Gasteiger charge is 2.20. The van der Waals surface area contributed by atoms with Crippen molar-refractivity contribution in [2.75, 3.05) is 12.4 Å². The number of carbonyl (C=O) groups is 1. The largest absolute Gasteiger partial charge is 0.497 e. The van der Waals surface area contributed by atoms with Gasteiger partial charge in [0.05, 0.1) is 13.3 Å². The SMILES string of the molecule is COc1ccc(NC(=O)c2nncc3c2CCCC3)cc1. The molecule has 5 nitrogen and oxygen atoms in total. The minimum Gasteiger partial charge on any atom is -0.497 e. The highest BCUT2D eigenvalue weighted by molar-refractivity contribution is 6.04. The number of aromatic nitrogens is 2. The van der Waals surface area contributed by atoms with E-state index < -0.39 is 0 Å². The maximum absolute atomic E-state index is 12.4. The zero-order chi connectivity index (χ0) is 14.7. The molecule has 0 fully saturated rings. The lowest BCUT2D eigenvalue weighted by atomic mass is 9.92. The van der Waals surface area contributed by atoms with Crippen LogP contribution >= 0.6 is 0 Å². The van der Waals surface area contributed by atoms with Gasteiger partial charge in [0.2, 0.25) is 0 Å². The Kier molecular flexibility index (Phi) is 3.81. The smallest absolute Gasteiger partial charge is 0.276 e. The van der Waals surface area contributed by atoms with Crippen molar-refractivity contribution in [3.8, 4) is 5.75 Å². The number of carbonyl (C=O) groups excluding carboxylic acids is 1. The minimum absolute atomic E-state index is 0.202. The Morgan fingerprint density at radius 2 is 1.95 bits per heavy atom. The monoisotopic (exact) mass is 283 g/mol. The minimum atomic E-state index is -0.202. The Labute approximate surface area is 123 Å². The van der Waals surface area contributed by atoms with Crippen LogP contribution in [0.2, 0.25) is 0 Å². The van der Waals surface area contributed by atoms with Crippen molar-refractivity contribution in [1.82, 2.24) is 10.2 Å². The number of benzene rings is 1. The van der Waals surface area contributed by atoms with Crippen molar-refractivity contribution >= 4 is 11.6 Å². The van der Waals surface area contributed by atoms with Crippen LogP contribution in [-0.4, -0.2) is 23.2 Å². The van der Waals surface area contributed by atoms with Crippen molar-refractivity contribution in [3.63, 3.8) is 0 Å². The van der Waals surface area contributed by atoms with Gasteiger partial charge in [0, 0.05) is 5.69 Å². The fourth-order valence-electron chi connectivity index (χ4n) is 2.61. The summed E-state index contributed by atoms with van der Waals surface area (Å²) in [7, 11) is 1.61. The second kappa shape index (κ2) is 5.91. The van der Waals surface area contributed by atoms with Gasteiger partial charge in [-0.25, -0.2) is 0 Å². The molecule has 0 radical (unpaired) electrons. The first kappa shape index (κ1) is 13.5. The standard InChI is InChI=1S/C16H17N3O2/c1-21-13-8-6-12(7-9-13)18-16(20)15-14-5-3-2-4-11(14)10-17-19-15/h6-10H,2-5H2,1H3,(H,18,20). The molecular weight excluding hydrogens is 266 g/mol. The molecule has 0 aliphatic heterocycles. The van der Waals surface area contributed by atoms with Gasteiger partial charge in [0.1, 0.15) is 5.75 Å². The third-order valence-corrected chi connectivity index (χ3v) is 3.73. The van der Waals surface area contributed by atoms with Crippen LogP contribution in [0.1, 0.15) is 34.5 Å². The molecule has 2 aromatic rings. The van der Waals surface area contributed by atoms with Crippen LogP contribution in [0, 0.1) is 0 Å². The molecule has 1 aliphatic carbocycles. The van der Waals surface area contributed by atoms with E-state index in [1.165, 1.54) is 0 Å². The molecule has 21 heavy (non-hydrogen) atoms. The summed E-state index contributed by atoms with van der Waals surface area (Å²) in [5.41, 5.74) is 3.36. The van der Waals surface area contributed by atoms with Crippen molar-refractivity contribution in [2.24, 2.45) is 0 Å². The number of fused-ring (bicyclic) bond motifs is 1. The summed E-state index contributed by atoms with van der Waals surface area (Å²) in [4.78, 5) is 12.4. The average Bonchev–Trinajstić information content (AvgIpc) is 2.55. The molecule has 0 saturated carbocycles. The molecule has 1 aromatic heterocycles. The van der Waals surface area contributed by atoms with Gasteiger partial charge in [-0.05, 0) is 61.1 Å². The van der Waals surface area contributed by atoms with E-state index in [4.69, 9.17) is 4.74 Å². The molecule has 1 aromatic carbocycles. The molecule has 1 aliphatic rings. The van der Waals surface area contributed by atoms with Gasteiger partial charge < -0.3 is 10.1 Å². The molecule has 0 bridgehead atoms. The van der Waals surface area contributed by atoms with Gasteiger partial charge in [-0.2, -0.15) is 5.10 Å². The third-order valence-electron chi connectivity index (χ3n) is 3.73. The second-order valence-corrected chi connectivity index (χ2v) is 5.09. The summed E-state index contributed by atoms with van der Waals surface area (Å²) in [6.07, 6.45) is 5.91. The average molecular weight is 283 g/mol. The van der Waals surface area contributed by atoms with E-state index in [0.717, 1.165) is 48.2 Å². The third kappa shape index (κ3) is 2.86. The quantitative estimate of drug-likeness (QED) is 0.940. The van der Waals surface area contributed by atoms with Gasteiger partial charge >= 0.3 is 0 Å². The number of rotatable bonds is 3. The van der Waals surface area contributed by atoms with Gasteiger partial charge in [0.25, 0.3) is 5.91 Å². The normalized spacial score (nSPS) is 13.4. The topological polar surface area (TPSA) is 64.1 Å². The molecule has 1 heterocycles. The second-order valence-electron chi connectivity index (χ2n) is 5.09. The van der Waals surface area contributed by atoms with E-state index in [-0.39, 0.29) is 5.91 Å². The summed E-state index contributed by atoms with van der Waals surface area (Å²) in [6, 6.07) is 7.22. The van der Waals surface area contributed by atoms with Crippen molar-refractivity contribution in [1.29, 1.82) is 0 Å². The lowest BCUT2D eigenvalue weighted by Crippen LogP contribution is -2.19. The van der Waals surface area contributed by atoms with Crippen LogP contribution in [0.3, 0.4) is 0 Å². The highest BCUT2D eigenvalue weighted by atomic mass is 16.5. The Morgan fingerprint density at radius 1 is 1.19 bits per heavy atom. The summed E-state index contributed by atoms with van der Waals surface area (Å²) in [5.74, 6) is 0.552. The first-order valence-corrected chi connectivity index (χ1v) is 7.07. The first-order valence-electron chi connectivity index (χ1n) is 7.07. The number of anilines is 1. The number of methoxy groups -OCH3 is 1. The summed E-state index contributed by atoms with van der Waals surface area (Å²) in [6.45, 7) is 0. The lowest BCUT2D eigenvalue weighted by Gasteiger charge is -2.17. The van der Waals surface area contributed by atoms with E-state index in [2.05, 4.69) is 15.5 Å². The van der Waals surface area contributed by atoms with E-state index in [1.54, 1.807) is 25.4 Å². The van der Waals surface area contributed by atoms with Crippen LogP contribution in [0.25, 0.3) is 0 Å². The predicted octanol–water partition coefficient (Wildman–Crippen LogP) is 2.62. The number of hydrogen-bond donors (Lipinski definition) is 1. The van der Waals surface area contributed by atoms with Gasteiger partial charge in [-0.1, -0.05) is 0 Å². The fraction of sp³-hybridized carbons (Fsp3) is 0.312. The maximum Gasteiger partial charge on any atom is 0.276 e. The fourth-order valence-corrected chi connectivity index (χ4v) is 2.61. The number of aryl methyl sites for hydroxylation is 1. The van der Waals surface area contributed by atoms with E-state index in [9.17, 15) is 4.79 Å². The molecule has 0 unspecified atom stereocenters. The predicted molar refractivity (Wildman–Crippen MR) is 79.6 cm³/mol. The molecule has 3 rings (SSSR count). The Balaban J connectivity index is 1.82. The summed E-state index contributed by atoms with van der Waals surface area (Å²) < 4.78 is 5.10. The van der Waals surface area contributed by atoms with E-state index in [0.29, 0.717) is 5.69 Å². The van der Waals surface area contributed by atoms with Crippen LogP contribution in [0.15, 0.2) is 30.5 Å². The molecule has 5 heteroatoms. The Hall–Kier alpha value is -2.43. The first-order chi connectivity index (χ1) is 10.3. The van der Waals surface area contributed by atoms with Crippen molar-refractivity contribution < 1.29 is 9.53 Å². The van der Waals surface area contributed by atoms with E-state index in [1.807, 2.05) is 12.1 Å².